The third-order valence-electron chi connectivity index (χ3n) is 4.70. The number of ether oxygens (including phenoxy) is 2. The van der Waals surface area contributed by atoms with Crippen LogP contribution in [-0.4, -0.2) is 41.9 Å². The number of aliphatic hydroxyl groups is 1. The fourth-order valence-corrected chi connectivity index (χ4v) is 3.83. The Labute approximate surface area is 203 Å². The monoisotopic (exact) mass is 534 g/mol. The number of rotatable bonds is 11. The average Bonchev–Trinajstić information content (AvgIpc) is 2.85. The van der Waals surface area contributed by atoms with Gasteiger partial charge in [0.25, 0.3) is 5.69 Å². The molecule has 2 aromatic rings. The van der Waals surface area contributed by atoms with Crippen molar-refractivity contribution in [3.8, 4) is 0 Å². The summed E-state index contributed by atoms with van der Waals surface area (Å²) >= 11 is 0. The molecular weight excluding hydrogens is 512 g/mol. The van der Waals surface area contributed by atoms with Crippen molar-refractivity contribution in [2.75, 3.05) is 13.7 Å². The lowest BCUT2D eigenvalue weighted by Gasteiger charge is -2.17. The fraction of sp³-hybridized carbons (Fsp3) is 0.333. The van der Waals surface area contributed by atoms with Gasteiger partial charge < -0.3 is 24.4 Å². The van der Waals surface area contributed by atoms with Crippen LogP contribution < -0.4 is 5.32 Å². The summed E-state index contributed by atoms with van der Waals surface area (Å²) in [5, 5.41) is 23.2. The smallest absolute Gasteiger partial charge is 0.423 e. The average molecular weight is 534 g/mol. The Balaban J connectivity index is 1.97. The number of methoxy groups -OCH3 is 1. The van der Waals surface area contributed by atoms with E-state index < -0.39 is 66.5 Å². The summed E-state index contributed by atoms with van der Waals surface area (Å²) in [4.78, 5) is 33.6. The predicted octanol–water partition coefficient (Wildman–Crippen LogP) is 3.95. The van der Waals surface area contributed by atoms with Crippen LogP contribution in [0.2, 0.25) is 0 Å². The number of halogens is 3. The summed E-state index contributed by atoms with van der Waals surface area (Å²) < 4.78 is 66.3. The largest absolute Gasteiger partial charge is 0.467 e. The molecule has 0 aliphatic heterocycles. The predicted molar refractivity (Wildman–Crippen MR) is 118 cm³/mol. The van der Waals surface area contributed by atoms with Gasteiger partial charge in [0.1, 0.15) is 18.2 Å². The van der Waals surface area contributed by atoms with E-state index in [0.29, 0.717) is 17.7 Å². The molecule has 2 rings (SSSR count). The number of alkyl halides is 3. The van der Waals surface area contributed by atoms with Crippen LogP contribution in [0.15, 0.2) is 48.5 Å². The molecule has 0 heterocycles. The van der Waals surface area contributed by atoms with Crippen molar-refractivity contribution in [2.24, 2.45) is 0 Å². The van der Waals surface area contributed by atoms with Gasteiger partial charge >= 0.3 is 18.2 Å². The van der Waals surface area contributed by atoms with Crippen molar-refractivity contribution in [1.29, 1.82) is 0 Å². The Morgan fingerprint density at radius 1 is 1.19 bits per heavy atom. The van der Waals surface area contributed by atoms with Crippen molar-refractivity contribution in [3.05, 3.63) is 75.3 Å². The van der Waals surface area contributed by atoms with Crippen molar-refractivity contribution in [1.82, 2.24) is 5.32 Å². The van der Waals surface area contributed by atoms with Crippen LogP contribution in [0.3, 0.4) is 0 Å². The minimum atomic E-state index is -5.09. The van der Waals surface area contributed by atoms with Gasteiger partial charge in [-0.05, 0) is 23.3 Å². The van der Waals surface area contributed by atoms with Crippen LogP contribution in [0.25, 0.3) is 0 Å². The highest BCUT2D eigenvalue weighted by molar-refractivity contribution is 7.39. The Morgan fingerprint density at radius 2 is 1.86 bits per heavy atom. The molecule has 0 aromatic heterocycles. The van der Waals surface area contributed by atoms with E-state index in [4.69, 9.17) is 9.26 Å². The maximum atomic E-state index is 13.1. The number of amides is 1. The van der Waals surface area contributed by atoms with Crippen LogP contribution in [0.5, 0.6) is 0 Å². The Morgan fingerprint density at radius 3 is 2.44 bits per heavy atom. The SMILES string of the molecule is COC(=O)[C@H](CCO[PH](=O)C(O)c1ccc([N+](=O)[O-])c(C(F)(F)F)c1)NC(=O)OCc1ccccc1. The molecule has 0 aliphatic carbocycles. The molecule has 2 N–H and O–H groups in total. The normalized spacial score (nSPS) is 13.8. The van der Waals surface area contributed by atoms with Gasteiger partial charge in [-0.15, -0.1) is 0 Å². The quantitative estimate of drug-likeness (QED) is 0.189. The highest BCUT2D eigenvalue weighted by Gasteiger charge is 2.39. The second-order valence-electron chi connectivity index (χ2n) is 7.17. The summed E-state index contributed by atoms with van der Waals surface area (Å²) in [6.45, 7) is -0.543. The van der Waals surface area contributed by atoms with E-state index in [0.717, 1.165) is 13.2 Å². The summed E-state index contributed by atoms with van der Waals surface area (Å²) in [7, 11) is -2.38. The third kappa shape index (κ3) is 8.33. The lowest BCUT2D eigenvalue weighted by molar-refractivity contribution is -0.388. The Kier molecular flexibility index (Phi) is 10.4. The number of nitro benzene ring substituents is 1. The number of hydrogen-bond donors (Lipinski definition) is 2. The lowest BCUT2D eigenvalue weighted by Crippen LogP contribution is -2.42. The summed E-state index contributed by atoms with van der Waals surface area (Å²) in [6, 6.07) is 9.08. The number of hydrogen-bond acceptors (Lipinski definition) is 9. The van der Waals surface area contributed by atoms with Gasteiger partial charge in [0, 0.05) is 12.5 Å². The fourth-order valence-electron chi connectivity index (χ4n) is 2.90. The number of benzene rings is 2. The van der Waals surface area contributed by atoms with E-state index in [1.54, 1.807) is 30.3 Å². The molecule has 11 nitrogen and oxygen atoms in total. The highest BCUT2D eigenvalue weighted by atomic mass is 31.1. The second-order valence-corrected chi connectivity index (χ2v) is 8.65. The highest BCUT2D eigenvalue weighted by Crippen LogP contribution is 2.43. The van der Waals surface area contributed by atoms with Gasteiger partial charge in [0.05, 0.1) is 18.6 Å². The van der Waals surface area contributed by atoms with Gasteiger partial charge in [-0.3, -0.25) is 14.7 Å². The Hall–Kier alpha value is -3.48. The topological polar surface area (TPSA) is 154 Å². The molecule has 0 saturated carbocycles. The van der Waals surface area contributed by atoms with E-state index in [1.165, 1.54) is 0 Å². The molecule has 3 atom stereocenters. The molecular formula is C21H22F3N2O9P. The first-order valence-electron chi connectivity index (χ1n) is 10.2. The van der Waals surface area contributed by atoms with Gasteiger partial charge in [0.2, 0.25) is 8.03 Å². The maximum absolute atomic E-state index is 13.1. The molecule has 2 aromatic carbocycles. The summed E-state index contributed by atoms with van der Waals surface area (Å²) in [5.41, 5.74) is -2.67. The minimum Gasteiger partial charge on any atom is -0.467 e. The number of alkyl carbamates (subject to hydrolysis) is 1. The van der Waals surface area contributed by atoms with Gasteiger partial charge in [-0.25, -0.2) is 9.59 Å². The van der Waals surface area contributed by atoms with Crippen LogP contribution in [-0.2, 0) is 36.1 Å². The van der Waals surface area contributed by atoms with Gasteiger partial charge in [0.15, 0.2) is 5.85 Å². The first-order chi connectivity index (χ1) is 16.9. The van der Waals surface area contributed by atoms with Crippen molar-refractivity contribution in [2.45, 2.75) is 31.1 Å². The Bertz CT molecular complexity index is 1100. The first kappa shape index (κ1) is 28.8. The maximum Gasteiger partial charge on any atom is 0.423 e. The van der Waals surface area contributed by atoms with Gasteiger partial charge in [-0.2, -0.15) is 13.2 Å². The molecule has 36 heavy (non-hydrogen) atoms. The molecule has 15 heteroatoms. The number of aliphatic hydroxyl groups excluding tert-OH is 1. The third-order valence-corrected chi connectivity index (χ3v) is 5.97. The zero-order valence-electron chi connectivity index (χ0n) is 18.7. The van der Waals surface area contributed by atoms with E-state index >= 15 is 0 Å². The van der Waals surface area contributed by atoms with Crippen LogP contribution >= 0.6 is 8.03 Å². The molecule has 0 saturated heterocycles. The van der Waals surface area contributed by atoms with Crippen molar-refractivity contribution in [3.63, 3.8) is 0 Å². The first-order valence-corrected chi connectivity index (χ1v) is 11.6. The summed E-state index contributed by atoms with van der Waals surface area (Å²) in [6.07, 6.45) is -6.32. The van der Waals surface area contributed by atoms with E-state index in [9.17, 15) is 42.5 Å². The van der Waals surface area contributed by atoms with E-state index in [-0.39, 0.29) is 13.0 Å². The molecule has 0 aliphatic rings. The molecule has 196 valence electrons. The van der Waals surface area contributed by atoms with Gasteiger partial charge in [-0.1, -0.05) is 30.3 Å². The number of nitrogens with one attached hydrogen (secondary N) is 1. The molecule has 0 radical (unpaired) electrons. The molecule has 0 fully saturated rings. The van der Waals surface area contributed by atoms with Crippen LogP contribution in [0.4, 0.5) is 23.7 Å². The standard InChI is InChI=1S/C21H22F3N2O9P/c1-33-18(27)16(25-20(29)34-12-13-5-3-2-4-6-13)9-10-35-36(32)19(28)14-7-8-17(26(30)31)15(11-14)21(22,23)24/h2-8,11,16,19,28,36H,9-10,12H2,1H3,(H,25,29)/t16-,19?/m0/s1. The van der Waals surface area contributed by atoms with Crippen molar-refractivity contribution >= 4 is 25.8 Å². The molecule has 0 spiro atoms. The lowest BCUT2D eigenvalue weighted by atomic mass is 10.1. The number of carbonyl (C=O) groups is 2. The number of nitro groups is 1. The van der Waals surface area contributed by atoms with Crippen LogP contribution in [0.1, 0.15) is 29.0 Å². The molecule has 0 bridgehead atoms. The number of esters is 1. The summed E-state index contributed by atoms with van der Waals surface area (Å²) in [5.74, 6) is -2.89. The number of nitrogens with zero attached hydrogens (tertiary/aromatic N) is 1. The second kappa shape index (κ2) is 13.0. The van der Waals surface area contributed by atoms with Crippen LogP contribution in [0, 0.1) is 10.1 Å². The van der Waals surface area contributed by atoms with E-state index in [2.05, 4.69) is 10.1 Å². The zero-order chi connectivity index (χ0) is 26.9. The van der Waals surface area contributed by atoms with Crippen molar-refractivity contribution < 1.29 is 51.4 Å². The zero-order valence-corrected chi connectivity index (χ0v) is 19.7. The minimum absolute atomic E-state index is 0.0773. The molecule has 1 amide bonds. The number of carbonyl (C=O) groups excluding carboxylic acids is 2. The van der Waals surface area contributed by atoms with E-state index in [1.807, 2.05) is 0 Å². The molecule has 2 unspecified atom stereocenters.